The molecule has 0 atom stereocenters. The average Bonchev–Trinajstić information content (AvgIpc) is 2.51. The van der Waals surface area contributed by atoms with E-state index in [0.717, 1.165) is 0 Å². The zero-order valence-electron chi connectivity index (χ0n) is 11.4. The van der Waals surface area contributed by atoms with E-state index in [4.69, 9.17) is 4.74 Å². The van der Waals surface area contributed by atoms with Crippen molar-refractivity contribution in [1.29, 1.82) is 0 Å². The van der Waals surface area contributed by atoms with Gasteiger partial charge in [0.05, 0.1) is 21.8 Å². The summed E-state index contributed by atoms with van der Waals surface area (Å²) in [6.45, 7) is 0. The number of hydrogen-bond donors (Lipinski definition) is 2. The number of aromatic hydroxyl groups is 1. The van der Waals surface area contributed by atoms with Gasteiger partial charge in [-0.3, -0.25) is 15.5 Å². The third-order valence-corrected chi connectivity index (χ3v) is 3.46. The summed E-state index contributed by atoms with van der Waals surface area (Å²) in [7, 11) is 1.45. The van der Waals surface area contributed by atoms with Crippen molar-refractivity contribution in [3.8, 4) is 11.5 Å². The SMILES string of the molecule is COc1cc(/C=N/Nc2ncccc2[N+](=O)[O-])cc(I)c1O. The predicted octanol–water partition coefficient (Wildman–Crippen LogP) is 2.75. The molecule has 1 heterocycles. The molecule has 0 aliphatic carbocycles. The minimum atomic E-state index is -0.544. The monoisotopic (exact) mass is 414 g/mol. The van der Waals surface area contributed by atoms with Crippen molar-refractivity contribution in [2.75, 3.05) is 12.5 Å². The number of ether oxygens (including phenoxy) is 1. The smallest absolute Gasteiger partial charge is 0.313 e. The molecule has 9 heteroatoms. The van der Waals surface area contributed by atoms with Crippen molar-refractivity contribution in [1.82, 2.24) is 4.98 Å². The molecule has 0 saturated heterocycles. The van der Waals surface area contributed by atoms with E-state index < -0.39 is 4.92 Å². The van der Waals surface area contributed by atoms with Crippen LogP contribution in [0.25, 0.3) is 0 Å². The van der Waals surface area contributed by atoms with E-state index in [1.807, 2.05) is 22.6 Å². The van der Waals surface area contributed by atoms with Crippen molar-refractivity contribution in [3.05, 3.63) is 49.7 Å². The highest BCUT2D eigenvalue weighted by molar-refractivity contribution is 14.1. The molecular weight excluding hydrogens is 403 g/mol. The number of rotatable bonds is 5. The van der Waals surface area contributed by atoms with E-state index in [0.29, 0.717) is 14.9 Å². The van der Waals surface area contributed by atoms with E-state index in [-0.39, 0.29) is 17.3 Å². The molecule has 1 aromatic heterocycles. The molecule has 0 aliphatic heterocycles. The van der Waals surface area contributed by atoms with Gasteiger partial charge in [0, 0.05) is 12.3 Å². The lowest BCUT2D eigenvalue weighted by molar-refractivity contribution is -0.384. The quantitative estimate of drug-likeness (QED) is 0.337. The molecule has 0 unspecified atom stereocenters. The van der Waals surface area contributed by atoms with Gasteiger partial charge >= 0.3 is 5.69 Å². The van der Waals surface area contributed by atoms with Crippen molar-refractivity contribution >= 4 is 40.3 Å². The van der Waals surface area contributed by atoms with Gasteiger partial charge in [-0.2, -0.15) is 5.10 Å². The molecule has 0 spiro atoms. The molecule has 0 aliphatic rings. The number of pyridine rings is 1. The Morgan fingerprint density at radius 1 is 1.55 bits per heavy atom. The number of anilines is 1. The number of nitro groups is 1. The fourth-order valence-corrected chi connectivity index (χ4v) is 2.25. The number of methoxy groups -OCH3 is 1. The number of nitrogens with one attached hydrogen (secondary N) is 1. The first-order chi connectivity index (χ1) is 10.5. The highest BCUT2D eigenvalue weighted by Gasteiger charge is 2.13. The maximum absolute atomic E-state index is 10.8. The molecule has 114 valence electrons. The summed E-state index contributed by atoms with van der Waals surface area (Å²) < 4.78 is 5.64. The van der Waals surface area contributed by atoms with E-state index >= 15 is 0 Å². The van der Waals surface area contributed by atoms with Crippen LogP contribution in [0.1, 0.15) is 5.56 Å². The van der Waals surface area contributed by atoms with Crippen molar-refractivity contribution in [3.63, 3.8) is 0 Å². The summed E-state index contributed by atoms with van der Waals surface area (Å²) in [5.74, 6) is 0.412. The standard InChI is InChI=1S/C13H11IN4O4/c1-22-11-6-8(5-9(14)12(11)19)7-16-17-13-10(18(20)21)3-2-4-15-13/h2-7,19H,1H3,(H,15,17)/b16-7+. The Balaban J connectivity index is 2.20. The topological polar surface area (TPSA) is 110 Å². The molecule has 0 amide bonds. The van der Waals surface area contributed by atoms with Crippen LogP contribution in [0.5, 0.6) is 11.5 Å². The number of hydrogen-bond acceptors (Lipinski definition) is 7. The maximum Gasteiger partial charge on any atom is 0.313 e. The van der Waals surface area contributed by atoms with Crippen LogP contribution in [0.3, 0.4) is 0 Å². The van der Waals surface area contributed by atoms with Crippen molar-refractivity contribution in [2.45, 2.75) is 0 Å². The molecule has 1 aromatic carbocycles. The van der Waals surface area contributed by atoms with Gasteiger partial charge in [-0.15, -0.1) is 0 Å². The van der Waals surface area contributed by atoms with Gasteiger partial charge < -0.3 is 9.84 Å². The zero-order valence-corrected chi connectivity index (χ0v) is 13.5. The summed E-state index contributed by atoms with van der Waals surface area (Å²) >= 11 is 1.96. The van der Waals surface area contributed by atoms with Crippen LogP contribution in [0.4, 0.5) is 11.5 Å². The molecule has 0 fully saturated rings. The zero-order chi connectivity index (χ0) is 16.1. The number of halogens is 1. The second kappa shape index (κ2) is 7.02. The van der Waals surface area contributed by atoms with Gasteiger partial charge in [0.1, 0.15) is 0 Å². The minimum absolute atomic E-state index is 0.0455. The van der Waals surface area contributed by atoms with Crippen LogP contribution >= 0.6 is 22.6 Å². The van der Waals surface area contributed by atoms with Crippen LogP contribution in [-0.2, 0) is 0 Å². The van der Waals surface area contributed by atoms with Crippen LogP contribution in [0, 0.1) is 13.7 Å². The molecular formula is C13H11IN4O4. The average molecular weight is 414 g/mol. The number of aromatic nitrogens is 1. The van der Waals surface area contributed by atoms with Crippen molar-refractivity contribution < 1.29 is 14.8 Å². The lowest BCUT2D eigenvalue weighted by atomic mass is 10.2. The number of benzene rings is 1. The van der Waals surface area contributed by atoms with E-state index in [1.165, 1.54) is 31.7 Å². The summed E-state index contributed by atoms with van der Waals surface area (Å²) in [5, 5.41) is 24.5. The van der Waals surface area contributed by atoms with E-state index in [2.05, 4.69) is 15.5 Å². The molecule has 2 N–H and O–H groups in total. The molecule has 2 rings (SSSR count). The van der Waals surface area contributed by atoms with Crippen LogP contribution < -0.4 is 10.2 Å². The normalized spacial score (nSPS) is 10.6. The highest BCUT2D eigenvalue weighted by Crippen LogP contribution is 2.31. The van der Waals surface area contributed by atoms with Crippen molar-refractivity contribution in [2.24, 2.45) is 5.10 Å². The number of phenols is 1. The summed E-state index contributed by atoms with van der Waals surface area (Å²) in [6, 6.07) is 6.09. The second-order valence-electron chi connectivity index (χ2n) is 4.05. The van der Waals surface area contributed by atoms with E-state index in [9.17, 15) is 15.2 Å². The Labute approximate surface area is 139 Å². The van der Waals surface area contributed by atoms with Gasteiger partial charge in [0.25, 0.3) is 0 Å². The lowest BCUT2D eigenvalue weighted by Crippen LogP contribution is -1.99. The fourth-order valence-electron chi connectivity index (χ4n) is 1.62. The van der Waals surface area contributed by atoms with Crippen LogP contribution in [-0.4, -0.2) is 28.3 Å². The van der Waals surface area contributed by atoms with Gasteiger partial charge in [-0.25, -0.2) is 4.98 Å². The Morgan fingerprint density at radius 2 is 2.32 bits per heavy atom. The van der Waals surface area contributed by atoms with Gasteiger partial charge in [-0.1, -0.05) is 0 Å². The van der Waals surface area contributed by atoms with Crippen LogP contribution in [0.2, 0.25) is 0 Å². The molecule has 0 saturated carbocycles. The molecule has 22 heavy (non-hydrogen) atoms. The minimum Gasteiger partial charge on any atom is -0.504 e. The van der Waals surface area contributed by atoms with Gasteiger partial charge in [0.15, 0.2) is 11.5 Å². The van der Waals surface area contributed by atoms with E-state index in [1.54, 1.807) is 12.1 Å². The third-order valence-electron chi connectivity index (χ3n) is 2.64. The fraction of sp³-hybridized carbons (Fsp3) is 0.0769. The van der Waals surface area contributed by atoms with Crippen LogP contribution in [0.15, 0.2) is 35.6 Å². The highest BCUT2D eigenvalue weighted by atomic mass is 127. The lowest BCUT2D eigenvalue weighted by Gasteiger charge is -2.06. The number of phenolic OH excluding ortho intramolecular Hbond substituents is 1. The second-order valence-corrected chi connectivity index (χ2v) is 5.21. The molecule has 2 aromatic rings. The Morgan fingerprint density at radius 3 is 3.00 bits per heavy atom. The van der Waals surface area contributed by atoms with Gasteiger partial charge in [-0.05, 0) is 46.4 Å². The van der Waals surface area contributed by atoms with Gasteiger partial charge in [0.2, 0.25) is 5.82 Å². The summed E-state index contributed by atoms with van der Waals surface area (Å²) in [5.41, 5.74) is 3.01. The first-order valence-corrected chi connectivity index (χ1v) is 7.05. The summed E-state index contributed by atoms with van der Waals surface area (Å²) in [4.78, 5) is 14.2. The first kappa shape index (κ1) is 15.9. The first-order valence-electron chi connectivity index (χ1n) is 5.98. The Hall–Kier alpha value is -2.43. The maximum atomic E-state index is 10.8. The largest absolute Gasteiger partial charge is 0.504 e. The molecule has 8 nitrogen and oxygen atoms in total. The molecule has 0 radical (unpaired) electrons. The Bertz CT molecular complexity index is 736. The molecule has 0 bridgehead atoms. The third kappa shape index (κ3) is 3.61. The summed E-state index contributed by atoms with van der Waals surface area (Å²) in [6.07, 6.45) is 2.87. The Kier molecular flexibility index (Phi) is 5.09. The number of nitrogens with zero attached hydrogens (tertiary/aromatic N) is 3. The number of hydrazone groups is 1. The predicted molar refractivity (Wildman–Crippen MR) is 89.5 cm³/mol.